The summed E-state index contributed by atoms with van der Waals surface area (Å²) in [6.07, 6.45) is -16.2. The molecule has 0 heterocycles. The zero-order valence-electron chi connectivity index (χ0n) is 32.5. The third kappa shape index (κ3) is 20.1. The molecule has 0 spiro atoms. The number of aliphatic hydroxyl groups is 10. The molecular weight excluding hydrogens is 879 g/mol. The van der Waals surface area contributed by atoms with E-state index in [0.717, 1.165) is 43.3 Å². The highest BCUT2D eigenvalue weighted by Gasteiger charge is 2.42. The van der Waals surface area contributed by atoms with Gasteiger partial charge in [0.05, 0.1) is 53.3 Å². The van der Waals surface area contributed by atoms with Gasteiger partial charge in [-0.05, 0) is 63.5 Å². The number of nitriles is 1. The molecule has 2 rings (SSSR count). The molecule has 28 heteroatoms. The molecule has 22 nitrogen and oxygen atoms in total. The van der Waals surface area contributed by atoms with Crippen LogP contribution in [0.25, 0.3) is 0 Å². The van der Waals surface area contributed by atoms with Crippen LogP contribution in [-0.4, -0.2) is 183 Å². The summed E-state index contributed by atoms with van der Waals surface area (Å²) in [5.74, 6) is -3.25. The summed E-state index contributed by atoms with van der Waals surface area (Å²) in [5.41, 5.74) is -5.05. The number of nitrogens with zero attached hydrogens (tertiary/aromatic N) is 1. The second-order valence-corrected chi connectivity index (χ2v) is 16.1. The fourth-order valence-corrected chi connectivity index (χ4v) is 6.34. The number of halogens is 4. The van der Waals surface area contributed by atoms with E-state index in [1.54, 1.807) is 14.1 Å². The lowest BCUT2D eigenvalue weighted by molar-refractivity contribution is -0.147. The number of ether oxygens (including phenoxy) is 1. The molecule has 0 radical (unpaired) electrons. The summed E-state index contributed by atoms with van der Waals surface area (Å²) in [6.45, 7) is -1.52. The number of aliphatic hydroxyl groups excluding tert-OH is 10. The number of carbonyl (C=O) groups is 1. The fourth-order valence-electron chi connectivity index (χ4n) is 4.49. The number of phosphoric ester groups is 1. The quantitative estimate of drug-likeness (QED) is 0.0247. The van der Waals surface area contributed by atoms with E-state index in [-0.39, 0.29) is 13.1 Å². The van der Waals surface area contributed by atoms with Crippen LogP contribution in [0.1, 0.15) is 18.1 Å². The normalized spacial score (nSPS) is 17.0. The van der Waals surface area contributed by atoms with Gasteiger partial charge in [0.25, 0.3) is 5.91 Å². The lowest BCUT2D eigenvalue weighted by atomic mass is 10.0. The molecule has 0 aliphatic rings. The fraction of sp³-hybridized carbons (Fsp3) is 0.576. The molecular formula is C33H51F4N4O18PS. The molecule has 350 valence electrons. The maximum atomic E-state index is 13.2. The molecule has 0 aliphatic heterocycles. The van der Waals surface area contributed by atoms with Crippen molar-refractivity contribution >= 4 is 29.3 Å². The Labute approximate surface area is 346 Å². The van der Waals surface area contributed by atoms with Gasteiger partial charge in [0.2, 0.25) is 0 Å². The SMILES string of the molecule is CNC[C@H](O)[C@@H](O)[C@H](O)[C@H](O)CO.CNC[C@H](O)[C@@H](O)[C@H](O)[C@H](O)CO.C[C@](CS(=O)(=O)c1ccc(F)cc1)(OCOP(=O)(O)O)C(=O)Nc1ccc(C#N)c(C(F)(F)F)c1. The van der Waals surface area contributed by atoms with Gasteiger partial charge in [-0.2, -0.15) is 18.4 Å². The molecule has 9 atom stereocenters. The van der Waals surface area contributed by atoms with Crippen molar-refractivity contribution < 1.29 is 105 Å². The van der Waals surface area contributed by atoms with Crippen LogP contribution in [-0.2, 0) is 34.6 Å². The number of hydrogen-bond acceptors (Lipinski definition) is 19. The molecule has 0 saturated carbocycles. The number of hydrogen-bond donors (Lipinski definition) is 15. The number of benzene rings is 2. The van der Waals surface area contributed by atoms with Crippen molar-refractivity contribution in [2.45, 2.75) is 72.4 Å². The predicted octanol–water partition coefficient (Wildman–Crippen LogP) is -3.75. The Bertz CT molecular complexity index is 1800. The molecule has 2 aromatic carbocycles. The molecule has 0 bridgehead atoms. The van der Waals surface area contributed by atoms with Gasteiger partial charge in [-0.3, -0.25) is 9.32 Å². The molecule has 1 amide bonds. The van der Waals surface area contributed by atoms with E-state index in [1.807, 2.05) is 5.32 Å². The number of nitrogens with one attached hydrogen (secondary N) is 3. The summed E-state index contributed by atoms with van der Waals surface area (Å²) < 4.78 is 98.4. The van der Waals surface area contributed by atoms with Crippen molar-refractivity contribution in [3.05, 3.63) is 59.4 Å². The molecule has 0 aromatic heterocycles. The third-order valence-corrected chi connectivity index (χ3v) is 10.3. The highest BCUT2D eigenvalue weighted by atomic mass is 32.2. The van der Waals surface area contributed by atoms with Gasteiger partial charge < -0.3 is 81.5 Å². The van der Waals surface area contributed by atoms with Crippen molar-refractivity contribution in [1.82, 2.24) is 10.6 Å². The van der Waals surface area contributed by atoms with Gasteiger partial charge in [-0.1, -0.05) is 0 Å². The summed E-state index contributed by atoms with van der Waals surface area (Å²) >= 11 is 0. The maximum Gasteiger partial charge on any atom is 0.471 e. The van der Waals surface area contributed by atoms with Crippen LogP contribution in [0, 0.1) is 17.1 Å². The first-order chi connectivity index (χ1) is 28.0. The second-order valence-electron chi connectivity index (χ2n) is 12.9. The van der Waals surface area contributed by atoms with Crippen molar-refractivity contribution in [2.75, 3.05) is 58.3 Å². The first kappa shape index (κ1) is 57.7. The lowest BCUT2D eigenvalue weighted by Crippen LogP contribution is -2.48. The predicted molar refractivity (Wildman–Crippen MR) is 201 cm³/mol. The smallest absolute Gasteiger partial charge is 0.394 e. The number of sulfone groups is 1. The molecule has 0 saturated heterocycles. The van der Waals surface area contributed by atoms with Crippen LogP contribution in [0.5, 0.6) is 0 Å². The zero-order valence-corrected chi connectivity index (χ0v) is 34.2. The highest BCUT2D eigenvalue weighted by Crippen LogP contribution is 2.37. The molecule has 61 heavy (non-hydrogen) atoms. The number of carbonyl (C=O) groups excluding carboxylic acids is 1. The van der Waals surface area contributed by atoms with Crippen LogP contribution < -0.4 is 16.0 Å². The van der Waals surface area contributed by atoms with E-state index >= 15 is 0 Å². The molecule has 0 unspecified atom stereocenters. The number of likely N-dealkylation sites (N-methyl/N-ethyl adjacent to an activating group) is 2. The van der Waals surface area contributed by atoms with E-state index in [2.05, 4.69) is 15.2 Å². The minimum atomic E-state index is -5.10. The van der Waals surface area contributed by atoms with Crippen molar-refractivity contribution in [1.29, 1.82) is 5.26 Å². The van der Waals surface area contributed by atoms with E-state index in [4.69, 9.17) is 60.6 Å². The van der Waals surface area contributed by atoms with Crippen molar-refractivity contribution in [2.24, 2.45) is 0 Å². The molecule has 0 fully saturated rings. The minimum Gasteiger partial charge on any atom is -0.394 e. The van der Waals surface area contributed by atoms with E-state index < -0.39 is 137 Å². The number of alkyl halides is 3. The lowest BCUT2D eigenvalue weighted by Gasteiger charge is -2.28. The maximum absolute atomic E-state index is 13.2. The number of rotatable bonds is 21. The van der Waals surface area contributed by atoms with Crippen LogP contribution in [0.3, 0.4) is 0 Å². The largest absolute Gasteiger partial charge is 0.471 e. The minimum absolute atomic E-state index is 0.0936. The van der Waals surface area contributed by atoms with E-state index in [9.17, 15) is 45.6 Å². The van der Waals surface area contributed by atoms with Gasteiger partial charge in [0, 0.05) is 18.8 Å². The standard InChI is InChI=1S/C19H17F4N2O8PS.2C7H17NO5/c1-18(32-11-33-34(27,28)29,10-35(30,31)15-6-3-13(20)4-7-15)17(26)25-14-5-2-12(9-24)16(8-14)19(21,22)23;2*1-8-2-4(10)6(12)7(13)5(11)3-9/h2-8H,10-11H2,1H3,(H,25,26)(H2,27,28,29);2*4-13H,2-3H2,1H3/t18-;2*4-,5+,6+,7+/m100/s1. The first-order valence-corrected chi connectivity index (χ1v) is 20.4. The van der Waals surface area contributed by atoms with Gasteiger partial charge >= 0.3 is 14.0 Å². The molecule has 0 aliphatic carbocycles. The average molecular weight is 931 g/mol. The number of phosphoric acid groups is 1. The van der Waals surface area contributed by atoms with Crippen LogP contribution in [0.2, 0.25) is 0 Å². The summed E-state index contributed by atoms with van der Waals surface area (Å²) in [7, 11) is -6.36. The Morgan fingerprint density at radius 2 is 1.26 bits per heavy atom. The number of amides is 1. The van der Waals surface area contributed by atoms with Crippen molar-refractivity contribution in [3.8, 4) is 6.07 Å². The van der Waals surface area contributed by atoms with Gasteiger partial charge in [0.1, 0.15) is 42.4 Å². The van der Waals surface area contributed by atoms with Crippen LogP contribution in [0.15, 0.2) is 47.4 Å². The molecule has 15 N–H and O–H groups in total. The summed E-state index contributed by atoms with van der Waals surface area (Å²) in [6, 6.07) is 6.98. The second kappa shape index (κ2) is 26.3. The summed E-state index contributed by atoms with van der Waals surface area (Å²) in [4.78, 5) is 30.1. The van der Waals surface area contributed by atoms with E-state index in [0.29, 0.717) is 6.07 Å². The zero-order chi connectivity index (χ0) is 47.5. The van der Waals surface area contributed by atoms with Crippen LogP contribution in [0.4, 0.5) is 23.2 Å². The third-order valence-electron chi connectivity index (χ3n) is 7.90. The highest BCUT2D eigenvalue weighted by molar-refractivity contribution is 7.91. The number of anilines is 1. The monoisotopic (exact) mass is 930 g/mol. The Balaban J connectivity index is 0.00000113. The van der Waals surface area contributed by atoms with Crippen molar-refractivity contribution in [3.63, 3.8) is 0 Å². The van der Waals surface area contributed by atoms with Gasteiger partial charge in [0.15, 0.2) is 22.2 Å². The first-order valence-electron chi connectivity index (χ1n) is 17.3. The van der Waals surface area contributed by atoms with Crippen LogP contribution >= 0.6 is 7.82 Å². The Hall–Kier alpha value is -3.34. The Morgan fingerprint density at radius 3 is 1.64 bits per heavy atom. The molecule has 2 aromatic rings. The Kier molecular flexibility index (Phi) is 24.9. The summed E-state index contributed by atoms with van der Waals surface area (Å²) in [5, 5.41) is 106. The Morgan fingerprint density at radius 1 is 0.820 bits per heavy atom. The topological polar surface area (TPSA) is 389 Å². The van der Waals surface area contributed by atoms with E-state index in [1.165, 1.54) is 6.07 Å². The van der Waals surface area contributed by atoms with Gasteiger partial charge in [-0.15, -0.1) is 0 Å². The average Bonchev–Trinajstić information content (AvgIpc) is 3.18. The van der Waals surface area contributed by atoms with Gasteiger partial charge in [-0.25, -0.2) is 17.4 Å².